The normalized spacial score (nSPS) is 26.2. The van der Waals surface area contributed by atoms with Gasteiger partial charge in [0.2, 0.25) is 0 Å². The first-order valence-corrected chi connectivity index (χ1v) is 9.04. The second-order valence-corrected chi connectivity index (χ2v) is 7.11. The number of aliphatic hydroxyl groups excluding tert-OH is 1. The Morgan fingerprint density at radius 1 is 1.38 bits per heavy atom. The second kappa shape index (κ2) is 8.30. The van der Waals surface area contributed by atoms with Gasteiger partial charge in [-0.1, -0.05) is 18.2 Å². The number of para-hydroxylation sites is 1. The Morgan fingerprint density at radius 2 is 2.21 bits per heavy atom. The highest BCUT2D eigenvalue weighted by Crippen LogP contribution is 2.26. The molecule has 0 aliphatic carbocycles. The van der Waals surface area contributed by atoms with Gasteiger partial charge in [0.05, 0.1) is 25.4 Å². The summed E-state index contributed by atoms with van der Waals surface area (Å²) in [5.74, 6) is 0. The van der Waals surface area contributed by atoms with E-state index in [0.29, 0.717) is 25.8 Å². The number of benzene rings is 1. The van der Waals surface area contributed by atoms with Crippen LogP contribution in [0.25, 0.3) is 0 Å². The molecule has 1 aromatic carbocycles. The van der Waals surface area contributed by atoms with Crippen LogP contribution < -0.4 is 4.90 Å². The Hall–Kier alpha value is -1.14. The topological polar surface area (TPSA) is 45.2 Å². The minimum absolute atomic E-state index is 0.217. The number of anilines is 1. The molecular formula is C19H30N2O3. The monoisotopic (exact) mass is 334 g/mol. The maximum absolute atomic E-state index is 10.4. The highest BCUT2D eigenvalue weighted by atomic mass is 16.5. The lowest BCUT2D eigenvalue weighted by molar-refractivity contribution is -0.0284. The van der Waals surface area contributed by atoms with Gasteiger partial charge in [0.25, 0.3) is 0 Å². The first-order chi connectivity index (χ1) is 11.6. The van der Waals surface area contributed by atoms with Crippen molar-refractivity contribution in [2.75, 3.05) is 44.9 Å². The van der Waals surface area contributed by atoms with Crippen molar-refractivity contribution in [3.8, 4) is 0 Å². The molecular weight excluding hydrogens is 304 g/mol. The molecule has 2 aliphatic heterocycles. The minimum atomic E-state index is -0.468. The summed E-state index contributed by atoms with van der Waals surface area (Å²) in [7, 11) is 2.14. The van der Waals surface area contributed by atoms with E-state index in [1.807, 2.05) is 0 Å². The molecule has 0 saturated carbocycles. The smallest absolute Gasteiger partial charge is 0.0900 e. The van der Waals surface area contributed by atoms with Crippen molar-refractivity contribution >= 4 is 5.69 Å². The molecule has 0 aromatic heterocycles. The van der Waals surface area contributed by atoms with Crippen molar-refractivity contribution in [2.24, 2.45) is 0 Å². The van der Waals surface area contributed by atoms with Crippen molar-refractivity contribution < 1.29 is 14.6 Å². The first kappa shape index (κ1) is 17.7. The Kier molecular flexibility index (Phi) is 6.11. The Labute approximate surface area is 145 Å². The van der Waals surface area contributed by atoms with Gasteiger partial charge < -0.3 is 19.5 Å². The number of nitrogens with zero attached hydrogens (tertiary/aromatic N) is 2. The number of aliphatic hydroxyl groups is 1. The van der Waals surface area contributed by atoms with Gasteiger partial charge in [-0.05, 0) is 31.4 Å². The van der Waals surface area contributed by atoms with Crippen molar-refractivity contribution in [3.05, 3.63) is 29.8 Å². The lowest BCUT2D eigenvalue weighted by Crippen LogP contribution is -2.43. The summed E-state index contributed by atoms with van der Waals surface area (Å²) in [6.45, 7) is 6.50. The number of fused-ring (bicyclic) bond motifs is 1. The Morgan fingerprint density at radius 3 is 3.00 bits per heavy atom. The molecule has 1 fully saturated rings. The molecule has 1 saturated heterocycles. The minimum Gasteiger partial charge on any atom is -0.389 e. The van der Waals surface area contributed by atoms with Crippen LogP contribution >= 0.6 is 0 Å². The number of β-amino-alcohol motifs (C(OH)–C–C–N with tert-alkyl or cyclic N) is 1. The molecule has 3 unspecified atom stereocenters. The molecule has 134 valence electrons. The van der Waals surface area contributed by atoms with Gasteiger partial charge >= 0.3 is 0 Å². The van der Waals surface area contributed by atoms with E-state index in [1.165, 1.54) is 11.3 Å². The zero-order valence-electron chi connectivity index (χ0n) is 14.9. The molecule has 3 rings (SSSR count). The van der Waals surface area contributed by atoms with Crippen molar-refractivity contribution in [1.82, 2.24) is 4.90 Å². The quantitative estimate of drug-likeness (QED) is 0.861. The highest BCUT2D eigenvalue weighted by Gasteiger charge is 2.25. The molecule has 5 heteroatoms. The van der Waals surface area contributed by atoms with Gasteiger partial charge in [-0.25, -0.2) is 0 Å². The Bertz CT molecular complexity index is 519. The fraction of sp³-hybridized carbons (Fsp3) is 0.684. The predicted octanol–water partition coefficient (Wildman–Crippen LogP) is 1.88. The molecule has 3 atom stereocenters. The second-order valence-electron chi connectivity index (χ2n) is 7.11. The highest BCUT2D eigenvalue weighted by molar-refractivity contribution is 5.53. The van der Waals surface area contributed by atoms with Gasteiger partial charge in [-0.15, -0.1) is 0 Å². The molecule has 1 N–H and O–H groups in total. The van der Waals surface area contributed by atoms with Crippen molar-refractivity contribution in [3.63, 3.8) is 0 Å². The van der Waals surface area contributed by atoms with Gasteiger partial charge in [-0.3, -0.25) is 4.90 Å². The van der Waals surface area contributed by atoms with Gasteiger partial charge in [-0.2, -0.15) is 0 Å². The number of hydrogen-bond donors (Lipinski definition) is 1. The molecule has 2 aliphatic rings. The fourth-order valence-electron chi connectivity index (χ4n) is 3.68. The van der Waals surface area contributed by atoms with Gasteiger partial charge in [0.15, 0.2) is 0 Å². The number of rotatable bonds is 6. The Balaban J connectivity index is 1.51. The maximum Gasteiger partial charge on any atom is 0.0900 e. The van der Waals surface area contributed by atoms with E-state index in [2.05, 4.69) is 48.0 Å². The van der Waals surface area contributed by atoms with Crippen LogP contribution in [-0.2, 0) is 16.0 Å². The third-order valence-electron chi connectivity index (χ3n) is 5.02. The van der Waals surface area contributed by atoms with Gasteiger partial charge in [0, 0.05) is 45.0 Å². The average Bonchev–Trinajstić information content (AvgIpc) is 3.04. The lowest BCUT2D eigenvalue weighted by Gasteiger charge is -2.30. The van der Waals surface area contributed by atoms with Crippen LogP contribution in [0.1, 0.15) is 25.3 Å². The van der Waals surface area contributed by atoms with Crippen molar-refractivity contribution in [2.45, 2.75) is 44.6 Å². The molecule has 1 aromatic rings. The van der Waals surface area contributed by atoms with E-state index in [4.69, 9.17) is 9.47 Å². The lowest BCUT2D eigenvalue weighted by atomic mass is 10.1. The average molecular weight is 334 g/mol. The molecule has 0 amide bonds. The van der Waals surface area contributed by atoms with E-state index in [1.54, 1.807) is 0 Å². The fourth-order valence-corrected chi connectivity index (χ4v) is 3.68. The number of ether oxygens (including phenoxy) is 2. The first-order valence-electron chi connectivity index (χ1n) is 9.04. The van der Waals surface area contributed by atoms with Crippen LogP contribution in [0.3, 0.4) is 0 Å². The number of hydrogen-bond acceptors (Lipinski definition) is 5. The van der Waals surface area contributed by atoms with Crippen LogP contribution in [0, 0.1) is 0 Å². The van der Waals surface area contributed by atoms with E-state index < -0.39 is 6.10 Å². The summed E-state index contributed by atoms with van der Waals surface area (Å²) in [5, 5.41) is 10.4. The summed E-state index contributed by atoms with van der Waals surface area (Å²) in [6, 6.07) is 8.91. The van der Waals surface area contributed by atoms with E-state index in [0.717, 1.165) is 32.5 Å². The summed E-state index contributed by atoms with van der Waals surface area (Å²) >= 11 is 0. The van der Waals surface area contributed by atoms with Crippen LogP contribution in [0.15, 0.2) is 24.3 Å². The summed E-state index contributed by atoms with van der Waals surface area (Å²) in [5.41, 5.74) is 2.60. The zero-order chi connectivity index (χ0) is 16.9. The molecule has 0 bridgehead atoms. The molecule has 0 radical (unpaired) electrons. The third-order valence-corrected chi connectivity index (χ3v) is 5.02. The number of likely N-dealkylation sites (N-methyl/N-ethyl adjacent to an activating group) is 1. The predicted molar refractivity (Wildman–Crippen MR) is 95.4 cm³/mol. The van der Waals surface area contributed by atoms with E-state index in [9.17, 15) is 5.11 Å². The van der Waals surface area contributed by atoms with E-state index in [-0.39, 0.29) is 6.10 Å². The van der Waals surface area contributed by atoms with Crippen LogP contribution in [0.5, 0.6) is 0 Å². The molecule has 5 nitrogen and oxygen atoms in total. The van der Waals surface area contributed by atoms with E-state index >= 15 is 0 Å². The van der Waals surface area contributed by atoms with Crippen molar-refractivity contribution in [1.29, 1.82) is 0 Å². The summed E-state index contributed by atoms with van der Waals surface area (Å²) < 4.78 is 11.2. The third kappa shape index (κ3) is 4.48. The van der Waals surface area contributed by atoms with Crippen LogP contribution in [0.4, 0.5) is 5.69 Å². The SMILES string of the molecule is CC1CN(C)c2ccccc2CN1CC(O)COCC1CCCO1. The largest absolute Gasteiger partial charge is 0.389 e. The standard InChI is InChI=1S/C19H30N2O3/c1-15-10-20(2)19-8-4-3-6-16(19)11-21(15)12-17(22)13-23-14-18-7-5-9-24-18/h3-4,6,8,15,17-18,22H,5,7,9-14H2,1-2H3. The molecule has 2 heterocycles. The van der Waals surface area contributed by atoms with Crippen LogP contribution in [0.2, 0.25) is 0 Å². The molecule has 0 spiro atoms. The molecule has 24 heavy (non-hydrogen) atoms. The zero-order valence-corrected chi connectivity index (χ0v) is 14.9. The summed E-state index contributed by atoms with van der Waals surface area (Å²) in [6.07, 6.45) is 1.94. The maximum atomic E-state index is 10.4. The van der Waals surface area contributed by atoms with Gasteiger partial charge in [0.1, 0.15) is 0 Å². The summed E-state index contributed by atoms with van der Waals surface area (Å²) in [4.78, 5) is 4.66. The van der Waals surface area contributed by atoms with Crippen LogP contribution in [-0.4, -0.2) is 68.2 Å².